The molecule has 0 aliphatic heterocycles. The topological polar surface area (TPSA) is 38.3 Å². The second-order valence-electron chi connectivity index (χ2n) is 4.48. The van der Waals surface area contributed by atoms with Gasteiger partial charge in [0, 0.05) is 12.6 Å². The van der Waals surface area contributed by atoms with Gasteiger partial charge in [-0.15, -0.1) is 0 Å². The summed E-state index contributed by atoms with van der Waals surface area (Å²) in [5.74, 6) is 0.801. The maximum Gasteiger partial charge on any atom is 0.221 e. The lowest BCUT2D eigenvalue weighted by molar-refractivity contribution is -0.114. The fourth-order valence-electron chi connectivity index (χ4n) is 1.76. The number of anilines is 1. The first-order valence-electron chi connectivity index (χ1n) is 7.19. The normalized spacial score (nSPS) is 9.33. The molecule has 0 fully saturated rings. The van der Waals surface area contributed by atoms with Crippen LogP contribution < -0.4 is 10.1 Å². The van der Waals surface area contributed by atoms with E-state index in [2.05, 4.69) is 5.32 Å². The molecule has 2 aromatic rings. The molecular weight excluding hydrogens is 262 g/mol. The number of hydrogen-bond acceptors (Lipinski definition) is 2. The Morgan fingerprint density at radius 1 is 1.10 bits per heavy atom. The minimum absolute atomic E-state index is 0.0660. The Labute approximate surface area is 127 Å². The Bertz CT molecular complexity index is 562. The van der Waals surface area contributed by atoms with Gasteiger partial charge in [-0.25, -0.2) is 0 Å². The predicted molar refractivity (Wildman–Crippen MR) is 87.6 cm³/mol. The minimum atomic E-state index is -0.0660. The van der Waals surface area contributed by atoms with Crippen molar-refractivity contribution in [1.29, 1.82) is 0 Å². The summed E-state index contributed by atoms with van der Waals surface area (Å²) >= 11 is 0. The van der Waals surface area contributed by atoms with Gasteiger partial charge >= 0.3 is 0 Å². The van der Waals surface area contributed by atoms with Gasteiger partial charge < -0.3 is 10.1 Å². The molecule has 3 nitrogen and oxygen atoms in total. The molecule has 0 saturated carbocycles. The lowest BCUT2D eigenvalue weighted by Gasteiger charge is -2.08. The van der Waals surface area contributed by atoms with E-state index in [4.69, 9.17) is 4.74 Å². The molecular formula is C18H23NO2. The molecule has 0 spiro atoms. The predicted octanol–water partition coefficient (Wildman–Crippen LogP) is 4.56. The van der Waals surface area contributed by atoms with Crippen LogP contribution in [0.15, 0.2) is 48.5 Å². The van der Waals surface area contributed by atoms with Crippen LogP contribution in [0.2, 0.25) is 0 Å². The highest BCUT2D eigenvalue weighted by Crippen LogP contribution is 2.15. The van der Waals surface area contributed by atoms with Crippen molar-refractivity contribution in [3.8, 4) is 5.75 Å². The highest BCUT2D eigenvalue weighted by Gasteiger charge is 1.98. The standard InChI is InChI=1S/C16H17NO2.C2H6/c1-12-4-3-5-16(10-12)19-11-14-6-8-15(9-7-14)17-13(2)18;1-2/h3-10H,11H2,1-2H3,(H,17,18);1-2H3. The zero-order chi connectivity index (χ0) is 15.7. The largest absolute Gasteiger partial charge is 0.489 e. The van der Waals surface area contributed by atoms with E-state index < -0.39 is 0 Å². The third-order valence-corrected chi connectivity index (χ3v) is 2.67. The quantitative estimate of drug-likeness (QED) is 0.894. The van der Waals surface area contributed by atoms with Crippen molar-refractivity contribution in [2.75, 3.05) is 5.32 Å². The molecule has 0 aromatic heterocycles. The zero-order valence-corrected chi connectivity index (χ0v) is 13.1. The van der Waals surface area contributed by atoms with Gasteiger partial charge in [0.15, 0.2) is 0 Å². The third kappa shape index (κ3) is 6.13. The summed E-state index contributed by atoms with van der Waals surface area (Å²) < 4.78 is 5.71. The number of hydrogen-bond donors (Lipinski definition) is 1. The van der Waals surface area contributed by atoms with Crippen LogP contribution >= 0.6 is 0 Å². The monoisotopic (exact) mass is 285 g/mol. The number of nitrogens with one attached hydrogen (secondary N) is 1. The lowest BCUT2D eigenvalue weighted by atomic mass is 10.2. The second-order valence-corrected chi connectivity index (χ2v) is 4.48. The number of carbonyl (C=O) groups is 1. The molecule has 112 valence electrons. The summed E-state index contributed by atoms with van der Waals surface area (Å²) in [4.78, 5) is 10.9. The fraction of sp³-hybridized carbons (Fsp3) is 0.278. The Morgan fingerprint density at radius 2 is 1.76 bits per heavy atom. The summed E-state index contributed by atoms with van der Waals surface area (Å²) in [5.41, 5.74) is 3.04. The van der Waals surface area contributed by atoms with Gasteiger partial charge in [-0.05, 0) is 42.3 Å². The average molecular weight is 285 g/mol. The van der Waals surface area contributed by atoms with E-state index in [0.29, 0.717) is 6.61 Å². The summed E-state index contributed by atoms with van der Waals surface area (Å²) in [6.07, 6.45) is 0. The Morgan fingerprint density at radius 3 is 2.33 bits per heavy atom. The Kier molecular flexibility index (Phi) is 7.02. The Balaban J connectivity index is 0.00000106. The highest BCUT2D eigenvalue weighted by molar-refractivity contribution is 5.88. The molecule has 0 heterocycles. The minimum Gasteiger partial charge on any atom is -0.489 e. The highest BCUT2D eigenvalue weighted by atomic mass is 16.5. The maximum atomic E-state index is 10.9. The van der Waals surface area contributed by atoms with Gasteiger partial charge in [0.1, 0.15) is 12.4 Å². The van der Waals surface area contributed by atoms with Crippen molar-refractivity contribution in [3.05, 3.63) is 59.7 Å². The zero-order valence-electron chi connectivity index (χ0n) is 13.1. The third-order valence-electron chi connectivity index (χ3n) is 2.67. The molecule has 0 aliphatic rings. The first-order chi connectivity index (χ1) is 10.1. The molecule has 2 aromatic carbocycles. The molecule has 1 N–H and O–H groups in total. The maximum absolute atomic E-state index is 10.9. The molecule has 2 rings (SSSR count). The fourth-order valence-corrected chi connectivity index (χ4v) is 1.76. The van der Waals surface area contributed by atoms with Crippen LogP contribution in [0.25, 0.3) is 0 Å². The van der Waals surface area contributed by atoms with Crippen molar-refractivity contribution in [2.24, 2.45) is 0 Å². The van der Waals surface area contributed by atoms with Crippen molar-refractivity contribution in [3.63, 3.8) is 0 Å². The number of rotatable bonds is 4. The average Bonchev–Trinajstić information content (AvgIpc) is 2.48. The summed E-state index contributed by atoms with van der Waals surface area (Å²) in [6.45, 7) is 8.05. The molecule has 0 bridgehead atoms. The van der Waals surface area contributed by atoms with Gasteiger partial charge in [0.25, 0.3) is 0 Å². The van der Waals surface area contributed by atoms with E-state index >= 15 is 0 Å². The molecule has 3 heteroatoms. The van der Waals surface area contributed by atoms with Crippen LogP contribution in [0.3, 0.4) is 0 Å². The van der Waals surface area contributed by atoms with Crippen LogP contribution in [0, 0.1) is 6.92 Å². The number of carbonyl (C=O) groups excluding carboxylic acids is 1. The summed E-state index contributed by atoms with van der Waals surface area (Å²) in [5, 5.41) is 2.73. The molecule has 0 unspecified atom stereocenters. The van der Waals surface area contributed by atoms with Crippen molar-refractivity contribution < 1.29 is 9.53 Å². The van der Waals surface area contributed by atoms with Gasteiger partial charge in [-0.1, -0.05) is 38.1 Å². The van der Waals surface area contributed by atoms with Gasteiger partial charge in [-0.3, -0.25) is 4.79 Å². The van der Waals surface area contributed by atoms with Gasteiger partial charge in [-0.2, -0.15) is 0 Å². The van der Waals surface area contributed by atoms with E-state index in [1.165, 1.54) is 12.5 Å². The van der Waals surface area contributed by atoms with E-state index in [0.717, 1.165) is 17.0 Å². The molecule has 0 saturated heterocycles. The van der Waals surface area contributed by atoms with Gasteiger partial charge in [0.05, 0.1) is 0 Å². The van der Waals surface area contributed by atoms with Crippen molar-refractivity contribution in [2.45, 2.75) is 34.3 Å². The number of amides is 1. The molecule has 1 amide bonds. The molecule has 0 radical (unpaired) electrons. The summed E-state index contributed by atoms with van der Waals surface area (Å²) in [6, 6.07) is 15.6. The second kappa shape index (κ2) is 8.80. The number of benzene rings is 2. The molecule has 0 atom stereocenters. The van der Waals surface area contributed by atoms with E-state index in [1.54, 1.807) is 0 Å². The van der Waals surface area contributed by atoms with E-state index in [1.807, 2.05) is 69.3 Å². The van der Waals surface area contributed by atoms with Gasteiger partial charge in [0.2, 0.25) is 5.91 Å². The number of aryl methyl sites for hydroxylation is 1. The first kappa shape index (κ1) is 16.8. The van der Waals surface area contributed by atoms with Crippen LogP contribution in [0.4, 0.5) is 5.69 Å². The summed E-state index contributed by atoms with van der Waals surface area (Å²) in [7, 11) is 0. The van der Waals surface area contributed by atoms with E-state index in [-0.39, 0.29) is 5.91 Å². The van der Waals surface area contributed by atoms with Crippen LogP contribution in [0.1, 0.15) is 31.9 Å². The van der Waals surface area contributed by atoms with Crippen LogP contribution in [-0.4, -0.2) is 5.91 Å². The van der Waals surface area contributed by atoms with Crippen molar-refractivity contribution >= 4 is 11.6 Å². The van der Waals surface area contributed by atoms with Crippen LogP contribution in [-0.2, 0) is 11.4 Å². The Hall–Kier alpha value is -2.29. The smallest absolute Gasteiger partial charge is 0.221 e. The molecule has 0 aliphatic carbocycles. The molecule has 21 heavy (non-hydrogen) atoms. The van der Waals surface area contributed by atoms with Crippen LogP contribution in [0.5, 0.6) is 5.75 Å². The first-order valence-corrected chi connectivity index (χ1v) is 7.19. The lowest BCUT2D eigenvalue weighted by Crippen LogP contribution is -2.05. The van der Waals surface area contributed by atoms with E-state index in [9.17, 15) is 4.79 Å². The SMILES string of the molecule is CC.CC(=O)Nc1ccc(COc2cccc(C)c2)cc1. The number of ether oxygens (including phenoxy) is 1. The van der Waals surface area contributed by atoms with Crippen molar-refractivity contribution in [1.82, 2.24) is 0 Å².